The Morgan fingerprint density at radius 2 is 1.53 bits per heavy atom. The number of hydrogen-bond acceptors (Lipinski definition) is 3. The standard InChI is InChI=1S/C28H30ClN3O2/c1-2-31(20-21-10-4-3-5-11-21)28(34)24-13-7-9-15-26(24)32-18-16-22(17-19-32)30-27(33)23-12-6-8-14-25(23)29/h3-15,22H,2,16-20H2,1H3,(H,30,33). The lowest BCUT2D eigenvalue weighted by atomic mass is 10.0. The van der Waals surface area contributed by atoms with Crippen molar-refractivity contribution in [2.24, 2.45) is 0 Å². The molecule has 0 aliphatic carbocycles. The van der Waals surface area contributed by atoms with Gasteiger partial charge >= 0.3 is 0 Å². The van der Waals surface area contributed by atoms with Gasteiger partial charge in [-0.25, -0.2) is 0 Å². The summed E-state index contributed by atoms with van der Waals surface area (Å²) in [7, 11) is 0. The number of carbonyl (C=O) groups excluding carboxylic acids is 2. The molecule has 4 rings (SSSR count). The first-order valence-electron chi connectivity index (χ1n) is 11.8. The molecule has 6 heteroatoms. The van der Waals surface area contributed by atoms with E-state index in [0.29, 0.717) is 23.7 Å². The number of amides is 2. The molecule has 0 radical (unpaired) electrons. The van der Waals surface area contributed by atoms with Crippen molar-refractivity contribution in [2.75, 3.05) is 24.5 Å². The monoisotopic (exact) mass is 475 g/mol. The van der Waals surface area contributed by atoms with Gasteiger partial charge in [0.25, 0.3) is 11.8 Å². The Balaban J connectivity index is 1.41. The molecule has 0 spiro atoms. The topological polar surface area (TPSA) is 52.7 Å². The van der Waals surface area contributed by atoms with E-state index in [4.69, 9.17) is 11.6 Å². The van der Waals surface area contributed by atoms with Crippen LogP contribution in [0, 0.1) is 0 Å². The van der Waals surface area contributed by atoms with E-state index in [0.717, 1.165) is 42.7 Å². The number of para-hydroxylation sites is 1. The maximum absolute atomic E-state index is 13.5. The van der Waals surface area contributed by atoms with Crippen LogP contribution in [-0.4, -0.2) is 42.4 Å². The number of nitrogens with one attached hydrogen (secondary N) is 1. The van der Waals surface area contributed by atoms with Gasteiger partial charge in [-0.2, -0.15) is 0 Å². The average molecular weight is 476 g/mol. The van der Waals surface area contributed by atoms with Gasteiger partial charge in [0, 0.05) is 37.9 Å². The van der Waals surface area contributed by atoms with Crippen LogP contribution in [0.15, 0.2) is 78.9 Å². The third-order valence-corrected chi connectivity index (χ3v) is 6.64. The lowest BCUT2D eigenvalue weighted by Crippen LogP contribution is -2.45. The first kappa shape index (κ1) is 23.8. The van der Waals surface area contributed by atoms with Gasteiger partial charge in [0.1, 0.15) is 0 Å². The predicted molar refractivity (Wildman–Crippen MR) is 137 cm³/mol. The number of rotatable bonds is 7. The smallest absolute Gasteiger partial charge is 0.256 e. The minimum atomic E-state index is -0.140. The van der Waals surface area contributed by atoms with Gasteiger partial charge in [-0.1, -0.05) is 66.2 Å². The van der Waals surface area contributed by atoms with Crippen molar-refractivity contribution in [2.45, 2.75) is 32.4 Å². The molecule has 1 heterocycles. The van der Waals surface area contributed by atoms with Crippen LogP contribution < -0.4 is 10.2 Å². The van der Waals surface area contributed by atoms with Crippen molar-refractivity contribution >= 4 is 29.1 Å². The van der Waals surface area contributed by atoms with Crippen LogP contribution in [-0.2, 0) is 6.54 Å². The van der Waals surface area contributed by atoms with Gasteiger partial charge in [-0.05, 0) is 49.6 Å². The van der Waals surface area contributed by atoms with Gasteiger partial charge < -0.3 is 15.1 Å². The molecule has 1 aliphatic heterocycles. The number of carbonyl (C=O) groups is 2. The van der Waals surface area contributed by atoms with Crippen LogP contribution in [0.2, 0.25) is 5.02 Å². The summed E-state index contributed by atoms with van der Waals surface area (Å²) < 4.78 is 0. The number of anilines is 1. The van der Waals surface area contributed by atoms with Crippen molar-refractivity contribution in [3.8, 4) is 0 Å². The van der Waals surface area contributed by atoms with E-state index in [9.17, 15) is 9.59 Å². The molecule has 5 nitrogen and oxygen atoms in total. The van der Waals surface area contributed by atoms with Crippen molar-refractivity contribution in [1.82, 2.24) is 10.2 Å². The lowest BCUT2D eigenvalue weighted by molar-refractivity contribution is 0.0753. The number of piperidine rings is 1. The molecule has 176 valence electrons. The molecule has 34 heavy (non-hydrogen) atoms. The van der Waals surface area contributed by atoms with Gasteiger partial charge in [0.2, 0.25) is 0 Å². The molecule has 2 amide bonds. The van der Waals surface area contributed by atoms with Crippen LogP contribution in [0.4, 0.5) is 5.69 Å². The summed E-state index contributed by atoms with van der Waals surface area (Å²) in [4.78, 5) is 30.2. The minimum absolute atomic E-state index is 0.0381. The number of halogens is 1. The average Bonchev–Trinajstić information content (AvgIpc) is 2.88. The molecule has 1 aliphatic rings. The van der Waals surface area contributed by atoms with Crippen LogP contribution in [0.3, 0.4) is 0 Å². The SMILES string of the molecule is CCN(Cc1ccccc1)C(=O)c1ccccc1N1CCC(NC(=O)c2ccccc2Cl)CC1. The molecular formula is C28H30ClN3O2. The van der Waals surface area contributed by atoms with E-state index < -0.39 is 0 Å². The maximum atomic E-state index is 13.5. The predicted octanol–water partition coefficient (Wildman–Crippen LogP) is 5.40. The fourth-order valence-corrected chi connectivity index (χ4v) is 4.63. The second-order valence-electron chi connectivity index (χ2n) is 8.54. The second kappa shape index (κ2) is 11.2. The van der Waals surface area contributed by atoms with Crippen molar-refractivity contribution in [3.05, 3.63) is 101 Å². The zero-order chi connectivity index (χ0) is 23.9. The Bertz CT molecular complexity index is 1130. The highest BCUT2D eigenvalue weighted by Crippen LogP contribution is 2.26. The number of benzene rings is 3. The first-order valence-corrected chi connectivity index (χ1v) is 12.2. The maximum Gasteiger partial charge on any atom is 0.256 e. The third-order valence-electron chi connectivity index (χ3n) is 6.31. The van der Waals surface area contributed by atoms with Gasteiger partial charge in [-0.15, -0.1) is 0 Å². The van der Waals surface area contributed by atoms with E-state index in [1.54, 1.807) is 12.1 Å². The van der Waals surface area contributed by atoms with Crippen LogP contribution in [0.25, 0.3) is 0 Å². The molecule has 0 saturated carbocycles. The molecule has 0 bridgehead atoms. The Labute approximate surface area is 206 Å². The zero-order valence-electron chi connectivity index (χ0n) is 19.4. The summed E-state index contributed by atoms with van der Waals surface area (Å²) in [6, 6.07) is 25.1. The molecule has 1 N–H and O–H groups in total. The van der Waals surface area contributed by atoms with Gasteiger partial charge in [-0.3, -0.25) is 9.59 Å². The summed E-state index contributed by atoms with van der Waals surface area (Å²) in [6.07, 6.45) is 1.61. The summed E-state index contributed by atoms with van der Waals surface area (Å²) in [5.41, 5.74) is 3.29. The summed E-state index contributed by atoms with van der Waals surface area (Å²) in [6.45, 7) is 4.76. The third kappa shape index (κ3) is 5.60. The molecule has 3 aromatic rings. The van der Waals surface area contributed by atoms with E-state index in [-0.39, 0.29) is 17.9 Å². The first-order chi connectivity index (χ1) is 16.6. The quantitative estimate of drug-likeness (QED) is 0.497. The van der Waals surface area contributed by atoms with E-state index in [1.807, 2.05) is 78.6 Å². The number of hydrogen-bond donors (Lipinski definition) is 1. The summed E-state index contributed by atoms with van der Waals surface area (Å²) in [5, 5.41) is 3.57. The van der Waals surface area contributed by atoms with Crippen molar-refractivity contribution in [1.29, 1.82) is 0 Å². The van der Waals surface area contributed by atoms with Crippen molar-refractivity contribution in [3.63, 3.8) is 0 Å². The highest BCUT2D eigenvalue weighted by molar-refractivity contribution is 6.33. The fraction of sp³-hybridized carbons (Fsp3) is 0.286. The Hall–Kier alpha value is -3.31. The highest BCUT2D eigenvalue weighted by Gasteiger charge is 2.26. The summed E-state index contributed by atoms with van der Waals surface area (Å²) >= 11 is 6.17. The Morgan fingerprint density at radius 3 is 2.21 bits per heavy atom. The lowest BCUT2D eigenvalue weighted by Gasteiger charge is -2.35. The fourth-order valence-electron chi connectivity index (χ4n) is 4.40. The van der Waals surface area contributed by atoms with E-state index >= 15 is 0 Å². The van der Waals surface area contributed by atoms with Gasteiger partial charge in [0.15, 0.2) is 0 Å². The number of nitrogens with zero attached hydrogens (tertiary/aromatic N) is 2. The molecular weight excluding hydrogens is 446 g/mol. The normalized spacial score (nSPS) is 14.0. The van der Waals surface area contributed by atoms with E-state index in [1.165, 1.54) is 0 Å². The largest absolute Gasteiger partial charge is 0.371 e. The molecule has 1 saturated heterocycles. The van der Waals surface area contributed by atoms with Crippen LogP contribution in [0.5, 0.6) is 0 Å². The zero-order valence-corrected chi connectivity index (χ0v) is 20.2. The molecule has 0 unspecified atom stereocenters. The van der Waals surface area contributed by atoms with Gasteiger partial charge in [0.05, 0.1) is 16.1 Å². The minimum Gasteiger partial charge on any atom is -0.371 e. The second-order valence-corrected chi connectivity index (χ2v) is 8.94. The Morgan fingerprint density at radius 1 is 0.912 bits per heavy atom. The highest BCUT2D eigenvalue weighted by atomic mass is 35.5. The molecule has 0 atom stereocenters. The van der Waals surface area contributed by atoms with E-state index in [2.05, 4.69) is 10.2 Å². The molecule has 1 fully saturated rings. The summed E-state index contributed by atoms with van der Waals surface area (Å²) in [5.74, 6) is -0.102. The Kier molecular flexibility index (Phi) is 7.86. The molecule has 3 aromatic carbocycles. The van der Waals surface area contributed by atoms with Crippen molar-refractivity contribution < 1.29 is 9.59 Å². The van der Waals surface area contributed by atoms with Crippen LogP contribution >= 0.6 is 11.6 Å². The molecule has 0 aromatic heterocycles. The van der Waals surface area contributed by atoms with Crippen LogP contribution in [0.1, 0.15) is 46.0 Å².